The molecule has 7 heteroatoms. The van der Waals surface area contributed by atoms with Gasteiger partial charge in [0, 0.05) is 55.0 Å². The van der Waals surface area contributed by atoms with Crippen LogP contribution in [0.15, 0.2) is 83.3 Å². The quantitative estimate of drug-likeness (QED) is 0.366. The fraction of sp³-hybridized carbons (Fsp3) is 0.310. The lowest BCUT2D eigenvalue weighted by atomic mass is 10.1. The van der Waals surface area contributed by atoms with Gasteiger partial charge < -0.3 is 9.64 Å². The molecule has 0 unspecified atom stereocenters. The molecule has 0 radical (unpaired) electrons. The van der Waals surface area contributed by atoms with E-state index in [0.717, 1.165) is 36.1 Å². The molecule has 1 fully saturated rings. The Morgan fingerprint density at radius 1 is 0.861 bits per heavy atom. The van der Waals surface area contributed by atoms with Gasteiger partial charge in [0.1, 0.15) is 6.61 Å². The molecule has 0 aliphatic carbocycles. The van der Waals surface area contributed by atoms with Gasteiger partial charge in [0.15, 0.2) is 0 Å². The van der Waals surface area contributed by atoms with Crippen molar-refractivity contribution in [2.45, 2.75) is 20.0 Å². The summed E-state index contributed by atoms with van der Waals surface area (Å²) >= 11 is 3.48. The van der Waals surface area contributed by atoms with Crippen LogP contribution in [0, 0.1) is 0 Å². The van der Waals surface area contributed by atoms with Gasteiger partial charge in [-0.05, 0) is 60.9 Å². The summed E-state index contributed by atoms with van der Waals surface area (Å²) in [4.78, 5) is 31.6. The van der Waals surface area contributed by atoms with Crippen LogP contribution >= 0.6 is 15.9 Å². The van der Waals surface area contributed by atoms with E-state index in [9.17, 15) is 9.59 Å². The number of halogens is 1. The number of carbonyl (C=O) groups excluding carboxylic acids is 2. The predicted molar refractivity (Wildman–Crippen MR) is 146 cm³/mol. The Bertz CT molecular complexity index is 1130. The van der Waals surface area contributed by atoms with Crippen molar-refractivity contribution in [2.75, 3.05) is 44.2 Å². The summed E-state index contributed by atoms with van der Waals surface area (Å²) in [6, 6.07) is 25.3. The Labute approximate surface area is 221 Å². The molecule has 2 amide bonds. The molecule has 0 spiro atoms. The first kappa shape index (κ1) is 25.9. The largest absolute Gasteiger partial charge is 0.444 e. The summed E-state index contributed by atoms with van der Waals surface area (Å²) in [5, 5.41) is 0. The van der Waals surface area contributed by atoms with E-state index < -0.39 is 6.09 Å². The van der Waals surface area contributed by atoms with Gasteiger partial charge in [-0.2, -0.15) is 0 Å². The monoisotopic (exact) mass is 549 g/mol. The van der Waals surface area contributed by atoms with Gasteiger partial charge in [-0.25, -0.2) is 4.79 Å². The minimum absolute atomic E-state index is 0.0313. The van der Waals surface area contributed by atoms with Gasteiger partial charge in [-0.3, -0.25) is 14.6 Å². The van der Waals surface area contributed by atoms with Gasteiger partial charge >= 0.3 is 6.09 Å². The number of hydrogen-bond acceptors (Lipinski definition) is 4. The second-order valence-electron chi connectivity index (χ2n) is 8.84. The van der Waals surface area contributed by atoms with E-state index in [1.165, 1.54) is 5.56 Å². The van der Waals surface area contributed by atoms with Crippen molar-refractivity contribution in [1.82, 2.24) is 9.80 Å². The highest BCUT2D eigenvalue weighted by atomic mass is 79.9. The summed E-state index contributed by atoms with van der Waals surface area (Å²) < 4.78 is 6.57. The molecule has 1 saturated heterocycles. The second kappa shape index (κ2) is 12.7. The molecule has 0 aromatic heterocycles. The van der Waals surface area contributed by atoms with Gasteiger partial charge in [-0.1, -0.05) is 58.4 Å². The first-order valence-electron chi connectivity index (χ1n) is 12.4. The third-order valence-electron chi connectivity index (χ3n) is 6.46. The first-order chi connectivity index (χ1) is 17.5. The number of carbonyl (C=O) groups is 2. The van der Waals surface area contributed by atoms with Crippen molar-refractivity contribution in [3.63, 3.8) is 0 Å². The third kappa shape index (κ3) is 6.95. The number of nitrogens with zero attached hydrogens (tertiary/aromatic N) is 3. The molecule has 36 heavy (non-hydrogen) atoms. The molecular formula is C29H32BrN3O3. The summed E-state index contributed by atoms with van der Waals surface area (Å²) in [6.07, 6.45) is 0.601. The van der Waals surface area contributed by atoms with Crippen molar-refractivity contribution < 1.29 is 14.3 Å². The molecule has 0 saturated carbocycles. The topological polar surface area (TPSA) is 53.1 Å². The number of rotatable bonds is 8. The number of piperazine rings is 1. The lowest BCUT2D eigenvalue weighted by Gasteiger charge is -2.34. The van der Waals surface area contributed by atoms with E-state index in [1.807, 2.05) is 54.3 Å². The zero-order valence-electron chi connectivity index (χ0n) is 20.6. The van der Waals surface area contributed by atoms with Crippen LogP contribution in [0.25, 0.3) is 0 Å². The van der Waals surface area contributed by atoms with Crippen LogP contribution in [0.1, 0.15) is 28.4 Å². The Balaban J connectivity index is 1.26. The Morgan fingerprint density at radius 2 is 1.53 bits per heavy atom. The SMILES string of the molecule is CCN(C(=O)OCc1ccccc1)c1ccc(C(=O)N2CCN(CCc3ccc(Br)cc3)CC2)cc1. The maximum absolute atomic E-state index is 13.1. The van der Waals surface area contributed by atoms with Crippen LogP contribution < -0.4 is 4.90 Å². The van der Waals surface area contributed by atoms with Gasteiger partial charge in [0.2, 0.25) is 0 Å². The number of benzene rings is 3. The molecule has 3 aromatic carbocycles. The van der Waals surface area contributed by atoms with Crippen LogP contribution in [0.3, 0.4) is 0 Å². The molecule has 0 N–H and O–H groups in total. The highest BCUT2D eigenvalue weighted by molar-refractivity contribution is 9.10. The summed E-state index contributed by atoms with van der Waals surface area (Å²) in [6.45, 7) is 6.77. The first-order valence-corrected chi connectivity index (χ1v) is 13.2. The van der Waals surface area contributed by atoms with Gasteiger partial charge in [0.25, 0.3) is 5.91 Å². The maximum Gasteiger partial charge on any atom is 0.414 e. The molecule has 1 aliphatic rings. The predicted octanol–water partition coefficient (Wildman–Crippen LogP) is 5.61. The highest BCUT2D eigenvalue weighted by Crippen LogP contribution is 2.19. The zero-order valence-corrected chi connectivity index (χ0v) is 22.2. The Morgan fingerprint density at radius 3 is 2.17 bits per heavy atom. The fourth-order valence-corrected chi connectivity index (χ4v) is 4.56. The fourth-order valence-electron chi connectivity index (χ4n) is 4.29. The Kier molecular flexibility index (Phi) is 9.14. The van der Waals surface area contributed by atoms with Gasteiger partial charge in [0.05, 0.1) is 0 Å². The molecule has 1 heterocycles. The Hall–Kier alpha value is -3.16. The average molecular weight is 550 g/mol. The molecule has 3 aromatic rings. The van der Waals surface area contributed by atoms with E-state index in [0.29, 0.717) is 30.9 Å². The van der Waals surface area contributed by atoms with E-state index in [-0.39, 0.29) is 12.5 Å². The lowest BCUT2D eigenvalue weighted by Crippen LogP contribution is -2.49. The van der Waals surface area contributed by atoms with Crippen molar-refractivity contribution in [3.8, 4) is 0 Å². The normalized spacial score (nSPS) is 13.9. The maximum atomic E-state index is 13.1. The molecule has 188 valence electrons. The number of anilines is 1. The summed E-state index contributed by atoms with van der Waals surface area (Å²) in [5.41, 5.74) is 3.61. The molecule has 0 atom stereocenters. The number of amides is 2. The van der Waals surface area contributed by atoms with Crippen molar-refractivity contribution in [3.05, 3.63) is 100 Å². The van der Waals surface area contributed by atoms with Crippen molar-refractivity contribution in [2.24, 2.45) is 0 Å². The van der Waals surface area contributed by atoms with Crippen LogP contribution in [0.5, 0.6) is 0 Å². The smallest absolute Gasteiger partial charge is 0.414 e. The molecular weight excluding hydrogens is 518 g/mol. The summed E-state index contributed by atoms with van der Waals surface area (Å²) in [5.74, 6) is 0.0313. The van der Waals surface area contributed by atoms with Gasteiger partial charge in [-0.15, -0.1) is 0 Å². The minimum atomic E-state index is -0.403. The van der Waals surface area contributed by atoms with E-state index in [4.69, 9.17) is 4.74 Å². The van der Waals surface area contributed by atoms with E-state index in [1.54, 1.807) is 17.0 Å². The minimum Gasteiger partial charge on any atom is -0.444 e. The summed E-state index contributed by atoms with van der Waals surface area (Å²) in [7, 11) is 0. The third-order valence-corrected chi connectivity index (χ3v) is 6.99. The number of hydrogen-bond donors (Lipinski definition) is 0. The second-order valence-corrected chi connectivity index (χ2v) is 9.76. The van der Waals surface area contributed by atoms with Crippen LogP contribution in [-0.2, 0) is 17.8 Å². The van der Waals surface area contributed by atoms with E-state index in [2.05, 4.69) is 45.1 Å². The number of ether oxygens (including phenoxy) is 1. The molecule has 0 bridgehead atoms. The van der Waals surface area contributed by atoms with Crippen LogP contribution in [0.2, 0.25) is 0 Å². The molecule has 6 nitrogen and oxygen atoms in total. The molecule has 4 rings (SSSR count). The molecule has 1 aliphatic heterocycles. The lowest BCUT2D eigenvalue weighted by molar-refractivity contribution is 0.0638. The van der Waals surface area contributed by atoms with Crippen LogP contribution in [-0.4, -0.2) is 61.1 Å². The highest BCUT2D eigenvalue weighted by Gasteiger charge is 2.23. The standard InChI is InChI=1S/C29H32BrN3O3/c1-2-33(29(35)36-22-24-6-4-3-5-7-24)27-14-10-25(11-15-27)28(34)32-20-18-31(19-21-32)17-16-23-8-12-26(30)13-9-23/h3-15H,2,16-22H2,1H3. The zero-order chi connectivity index (χ0) is 25.3. The van der Waals surface area contributed by atoms with Crippen molar-refractivity contribution in [1.29, 1.82) is 0 Å². The van der Waals surface area contributed by atoms with Crippen molar-refractivity contribution >= 4 is 33.6 Å². The van der Waals surface area contributed by atoms with Crippen LogP contribution in [0.4, 0.5) is 10.5 Å². The van der Waals surface area contributed by atoms with E-state index >= 15 is 0 Å². The average Bonchev–Trinajstić information content (AvgIpc) is 2.93.